The van der Waals surface area contributed by atoms with Crippen LogP contribution in [0.15, 0.2) is 95.6 Å². The van der Waals surface area contributed by atoms with Gasteiger partial charge in [0, 0.05) is 34.3 Å². The van der Waals surface area contributed by atoms with E-state index < -0.39 is 21.5 Å². The molecule has 0 spiro atoms. The monoisotopic (exact) mass is 619 g/mol. The van der Waals surface area contributed by atoms with Crippen LogP contribution in [-0.2, 0) is 22.0 Å². The Hall–Kier alpha value is -2.91. The minimum atomic E-state index is -3.84. The molecule has 2 unspecified atom stereocenters. The Kier molecular flexibility index (Phi) is 9.52. The molecule has 1 saturated heterocycles. The van der Waals surface area contributed by atoms with Gasteiger partial charge in [0.25, 0.3) is 0 Å². The average molecular weight is 620 g/mol. The van der Waals surface area contributed by atoms with E-state index in [0.717, 1.165) is 53.1 Å². The van der Waals surface area contributed by atoms with Crippen LogP contribution in [0.1, 0.15) is 61.2 Å². The number of hydrogen-bond donors (Lipinski definition) is 1. The van der Waals surface area contributed by atoms with Gasteiger partial charge in [-0.3, -0.25) is 9.88 Å². The number of nitrogens with zero attached hydrogens (tertiary/aromatic N) is 2. The second-order valence-electron chi connectivity index (χ2n) is 12.4. The third kappa shape index (κ3) is 7.26. The minimum absolute atomic E-state index is 0.195. The van der Waals surface area contributed by atoms with E-state index in [1.165, 1.54) is 17.4 Å². The van der Waals surface area contributed by atoms with Crippen molar-refractivity contribution in [3.05, 3.63) is 118 Å². The Morgan fingerprint density at radius 3 is 2.56 bits per heavy atom. The third-order valence-electron chi connectivity index (χ3n) is 9.09. The fourth-order valence-corrected chi connectivity index (χ4v) is 8.34. The van der Waals surface area contributed by atoms with Crippen molar-refractivity contribution in [2.45, 2.75) is 76.3 Å². The van der Waals surface area contributed by atoms with Gasteiger partial charge in [-0.1, -0.05) is 54.1 Å². The maximum Gasteiger partial charge on any atom is 0.241 e. The molecule has 2 aliphatic rings. The fraction of sp³-hybridized carbons (Fsp3) is 0.400. The van der Waals surface area contributed by atoms with E-state index in [4.69, 9.17) is 0 Å². The Morgan fingerprint density at radius 1 is 1.07 bits per heavy atom. The molecular weight excluding hydrogens is 578 g/mol. The smallest absolute Gasteiger partial charge is 0.241 e. The molecule has 2 atom stereocenters. The number of sulfonamides is 1. The highest BCUT2D eigenvalue weighted by Gasteiger charge is 2.49. The molecule has 5 rings (SSSR count). The molecule has 2 aromatic heterocycles. The number of allylic oxidation sites excluding steroid dienone is 4. The number of aromatic nitrogens is 1. The number of thiophene rings is 1. The molecule has 0 saturated carbocycles. The van der Waals surface area contributed by atoms with Crippen molar-refractivity contribution in [1.29, 1.82) is 0 Å². The Balaban J connectivity index is 1.57. The molecule has 1 fully saturated rings. The number of likely N-dealkylation sites (tertiary alicyclic amines) is 1. The molecule has 0 bridgehead atoms. The molecule has 1 N–H and O–H groups in total. The topological polar surface area (TPSA) is 62.3 Å². The van der Waals surface area contributed by atoms with Gasteiger partial charge in [0.05, 0.1) is 10.9 Å². The predicted octanol–water partition coefficient (Wildman–Crippen LogP) is 7.64. The Bertz CT molecular complexity index is 1610. The van der Waals surface area contributed by atoms with Crippen molar-refractivity contribution in [2.75, 3.05) is 13.1 Å². The van der Waals surface area contributed by atoms with E-state index in [9.17, 15) is 12.8 Å². The van der Waals surface area contributed by atoms with Gasteiger partial charge in [0.1, 0.15) is 0 Å². The van der Waals surface area contributed by atoms with Gasteiger partial charge in [0.2, 0.25) is 10.0 Å². The zero-order valence-corrected chi connectivity index (χ0v) is 27.1. The van der Waals surface area contributed by atoms with Gasteiger partial charge in [-0.15, -0.1) is 11.3 Å². The first kappa shape index (κ1) is 31.5. The number of rotatable bonds is 10. The van der Waals surface area contributed by atoms with Crippen LogP contribution in [0.25, 0.3) is 0 Å². The summed E-state index contributed by atoms with van der Waals surface area (Å²) in [4.78, 5) is 8.27. The first-order valence-electron chi connectivity index (χ1n) is 15.0. The molecule has 228 valence electrons. The zero-order valence-electron chi connectivity index (χ0n) is 25.5. The van der Waals surface area contributed by atoms with E-state index in [0.29, 0.717) is 19.4 Å². The van der Waals surface area contributed by atoms with Gasteiger partial charge in [-0.2, -0.15) is 4.39 Å². The highest BCUT2D eigenvalue weighted by molar-refractivity contribution is 7.89. The zero-order chi connectivity index (χ0) is 30.7. The lowest BCUT2D eigenvalue weighted by molar-refractivity contribution is 0.119. The van der Waals surface area contributed by atoms with E-state index in [1.54, 1.807) is 12.1 Å². The molecule has 5 nitrogen and oxygen atoms in total. The van der Waals surface area contributed by atoms with E-state index >= 15 is 0 Å². The summed E-state index contributed by atoms with van der Waals surface area (Å²) in [6.45, 7) is 9.86. The maximum atomic E-state index is 14.0. The SMILES string of the molecule is Cc1ccc(S(=O)(=O)NC(C2=CCC/C=C/C=C2)C2(CCc3ccc(F)s3)CCN(C(C)(C)c3ccc(C)nc3)C2)cc1. The van der Waals surface area contributed by atoms with Gasteiger partial charge >= 0.3 is 0 Å². The molecule has 43 heavy (non-hydrogen) atoms. The highest BCUT2D eigenvalue weighted by Crippen LogP contribution is 2.46. The van der Waals surface area contributed by atoms with Crippen LogP contribution in [-0.4, -0.2) is 37.4 Å². The third-order valence-corrected chi connectivity index (χ3v) is 11.5. The van der Waals surface area contributed by atoms with E-state index in [1.807, 2.05) is 56.5 Å². The van der Waals surface area contributed by atoms with Gasteiger partial charge in [-0.25, -0.2) is 13.1 Å². The van der Waals surface area contributed by atoms with Gasteiger partial charge < -0.3 is 0 Å². The summed E-state index contributed by atoms with van der Waals surface area (Å²) >= 11 is 1.17. The van der Waals surface area contributed by atoms with E-state index in [-0.39, 0.29) is 15.6 Å². The summed E-state index contributed by atoms with van der Waals surface area (Å²) in [5.41, 5.74) is 3.33. The number of nitrogens with one attached hydrogen (secondary N) is 1. The molecule has 8 heteroatoms. The van der Waals surface area contributed by atoms with Crippen molar-refractivity contribution in [3.63, 3.8) is 0 Å². The number of hydrogen-bond acceptors (Lipinski definition) is 5. The molecule has 3 aromatic rings. The van der Waals surface area contributed by atoms with Crippen molar-refractivity contribution >= 4 is 21.4 Å². The van der Waals surface area contributed by atoms with Crippen LogP contribution in [0.3, 0.4) is 0 Å². The normalized spacial score (nSPS) is 21.3. The molecule has 0 radical (unpaired) electrons. The fourth-order valence-electron chi connectivity index (χ4n) is 6.28. The standard InChI is InChI=1S/C35H42FN3O2S2/c1-26-12-17-31(18-13-26)43(40,41)38-33(28-10-8-6-5-7-9-11-28)35(21-20-30-16-19-32(36)42-30)22-23-39(25-35)34(3,4)29-15-14-27(2)37-24-29/h5-6,8,10-19,24,33,38H,7,9,20-23,25H2,1-4H3/b6-5+,10-8?,28-11?. The number of halogens is 1. The van der Waals surface area contributed by atoms with E-state index in [2.05, 4.69) is 52.7 Å². The molecule has 1 aliphatic carbocycles. The molecule has 3 heterocycles. The van der Waals surface area contributed by atoms with Crippen molar-refractivity contribution < 1.29 is 12.8 Å². The van der Waals surface area contributed by atoms with Crippen LogP contribution in [0, 0.1) is 24.4 Å². The van der Waals surface area contributed by atoms with Crippen molar-refractivity contribution in [3.8, 4) is 0 Å². The number of aryl methyl sites for hydroxylation is 3. The molecule has 1 aromatic carbocycles. The van der Waals surface area contributed by atoms with Crippen LogP contribution >= 0.6 is 11.3 Å². The molecule has 0 amide bonds. The Morgan fingerprint density at radius 2 is 1.86 bits per heavy atom. The molecular formula is C35H42FN3O2S2. The summed E-state index contributed by atoms with van der Waals surface area (Å²) in [7, 11) is -3.84. The summed E-state index contributed by atoms with van der Waals surface area (Å²) in [5, 5.41) is -0.195. The second kappa shape index (κ2) is 13.0. The first-order valence-corrected chi connectivity index (χ1v) is 17.3. The van der Waals surface area contributed by atoms with Crippen LogP contribution in [0.2, 0.25) is 0 Å². The Labute approximate surface area is 260 Å². The summed E-state index contributed by atoms with van der Waals surface area (Å²) in [5.74, 6) is 0. The average Bonchev–Trinajstić information content (AvgIpc) is 3.59. The quantitative estimate of drug-likeness (QED) is 0.253. The van der Waals surface area contributed by atoms with Crippen LogP contribution in [0.5, 0.6) is 0 Å². The van der Waals surface area contributed by atoms with Crippen LogP contribution < -0.4 is 4.72 Å². The van der Waals surface area contributed by atoms with Gasteiger partial charge in [0.15, 0.2) is 5.13 Å². The second-order valence-corrected chi connectivity index (χ2v) is 15.3. The lowest BCUT2D eigenvalue weighted by Crippen LogP contribution is -2.51. The maximum absolute atomic E-state index is 14.0. The summed E-state index contributed by atoms with van der Waals surface area (Å²) < 4.78 is 45.3. The predicted molar refractivity (Wildman–Crippen MR) is 174 cm³/mol. The van der Waals surface area contributed by atoms with Crippen molar-refractivity contribution in [1.82, 2.24) is 14.6 Å². The first-order chi connectivity index (χ1) is 20.5. The lowest BCUT2D eigenvalue weighted by Gasteiger charge is -2.42. The lowest BCUT2D eigenvalue weighted by atomic mass is 9.72. The van der Waals surface area contributed by atoms with Crippen molar-refractivity contribution in [2.24, 2.45) is 5.41 Å². The largest absolute Gasteiger partial charge is 0.293 e. The minimum Gasteiger partial charge on any atom is -0.293 e. The number of pyridine rings is 1. The molecule has 1 aliphatic heterocycles. The van der Waals surface area contributed by atoms with Crippen LogP contribution in [0.4, 0.5) is 4.39 Å². The van der Waals surface area contributed by atoms with Gasteiger partial charge in [-0.05, 0) is 108 Å². The highest BCUT2D eigenvalue weighted by atomic mass is 32.2. The summed E-state index contributed by atoms with van der Waals surface area (Å²) in [6, 6.07) is 14.1. The summed E-state index contributed by atoms with van der Waals surface area (Å²) in [6.07, 6.45) is 16.3. The number of benzene rings is 1.